The standard InChI is InChI=1S/C14H9Cl2FO2/c1-19-8-5-6-9(11(16)7-8)14(18)13-10(15)3-2-4-12(13)17/h2-7H,1H3. The average Bonchev–Trinajstić information content (AvgIpc) is 2.38. The second kappa shape index (κ2) is 5.59. The molecule has 0 aliphatic rings. The van der Waals surface area contributed by atoms with E-state index < -0.39 is 11.6 Å². The van der Waals surface area contributed by atoms with Crippen molar-refractivity contribution in [3.8, 4) is 5.75 Å². The summed E-state index contributed by atoms with van der Waals surface area (Å²) in [5.74, 6) is -0.721. The maximum Gasteiger partial charge on any atom is 0.198 e. The zero-order chi connectivity index (χ0) is 14.0. The number of hydrogen-bond acceptors (Lipinski definition) is 2. The second-order valence-electron chi connectivity index (χ2n) is 3.77. The fraction of sp³-hybridized carbons (Fsp3) is 0.0714. The van der Waals surface area contributed by atoms with Gasteiger partial charge in [0.1, 0.15) is 11.6 Å². The molecular weight excluding hydrogens is 290 g/mol. The van der Waals surface area contributed by atoms with Crippen molar-refractivity contribution in [1.29, 1.82) is 0 Å². The highest BCUT2D eigenvalue weighted by Gasteiger charge is 2.20. The number of ketones is 1. The van der Waals surface area contributed by atoms with E-state index in [4.69, 9.17) is 27.9 Å². The van der Waals surface area contributed by atoms with Gasteiger partial charge in [0.25, 0.3) is 0 Å². The van der Waals surface area contributed by atoms with E-state index in [-0.39, 0.29) is 21.2 Å². The van der Waals surface area contributed by atoms with Gasteiger partial charge in [0.15, 0.2) is 5.78 Å². The van der Waals surface area contributed by atoms with Crippen LogP contribution in [0.3, 0.4) is 0 Å². The number of benzene rings is 2. The van der Waals surface area contributed by atoms with E-state index >= 15 is 0 Å². The average molecular weight is 299 g/mol. The van der Waals surface area contributed by atoms with E-state index in [0.29, 0.717) is 5.75 Å². The van der Waals surface area contributed by atoms with Crippen molar-refractivity contribution in [3.05, 3.63) is 63.4 Å². The number of ether oxygens (including phenoxy) is 1. The van der Waals surface area contributed by atoms with Gasteiger partial charge in [-0.3, -0.25) is 4.79 Å². The zero-order valence-corrected chi connectivity index (χ0v) is 11.4. The van der Waals surface area contributed by atoms with Gasteiger partial charge in [-0.15, -0.1) is 0 Å². The van der Waals surface area contributed by atoms with Gasteiger partial charge in [0, 0.05) is 5.56 Å². The monoisotopic (exact) mass is 298 g/mol. The highest BCUT2D eigenvalue weighted by atomic mass is 35.5. The van der Waals surface area contributed by atoms with Crippen LogP contribution in [0.4, 0.5) is 4.39 Å². The van der Waals surface area contributed by atoms with Gasteiger partial charge in [-0.25, -0.2) is 4.39 Å². The molecule has 0 saturated carbocycles. The molecule has 2 aromatic rings. The summed E-state index contributed by atoms with van der Waals surface area (Å²) in [7, 11) is 1.49. The van der Waals surface area contributed by atoms with Crippen LogP contribution < -0.4 is 4.74 Å². The summed E-state index contributed by atoms with van der Waals surface area (Å²) >= 11 is 11.8. The minimum atomic E-state index is -0.676. The summed E-state index contributed by atoms with van der Waals surface area (Å²) in [6.07, 6.45) is 0. The number of methoxy groups -OCH3 is 1. The zero-order valence-electron chi connectivity index (χ0n) is 9.91. The number of carbonyl (C=O) groups is 1. The summed E-state index contributed by atoms with van der Waals surface area (Å²) in [4.78, 5) is 12.3. The van der Waals surface area contributed by atoms with Crippen molar-refractivity contribution >= 4 is 29.0 Å². The summed E-state index contributed by atoms with van der Waals surface area (Å²) in [6.45, 7) is 0. The highest BCUT2D eigenvalue weighted by Crippen LogP contribution is 2.28. The first-order valence-electron chi connectivity index (χ1n) is 5.37. The van der Waals surface area contributed by atoms with Crippen LogP contribution in [0, 0.1) is 5.82 Å². The molecule has 0 spiro atoms. The number of hydrogen-bond donors (Lipinski definition) is 0. The Morgan fingerprint density at radius 3 is 2.47 bits per heavy atom. The van der Waals surface area contributed by atoms with E-state index in [0.717, 1.165) is 0 Å². The molecule has 0 fully saturated rings. The summed E-state index contributed by atoms with van der Waals surface area (Å²) in [5, 5.41) is 0.237. The third kappa shape index (κ3) is 2.72. The predicted molar refractivity (Wildman–Crippen MR) is 72.8 cm³/mol. The first-order chi connectivity index (χ1) is 9.04. The molecule has 19 heavy (non-hydrogen) atoms. The molecule has 0 N–H and O–H groups in total. The SMILES string of the molecule is COc1ccc(C(=O)c2c(F)cccc2Cl)c(Cl)c1. The summed E-state index contributed by atoms with van der Waals surface area (Å²) in [6, 6.07) is 8.61. The molecule has 2 nitrogen and oxygen atoms in total. The fourth-order valence-electron chi connectivity index (χ4n) is 1.66. The first kappa shape index (κ1) is 13.8. The van der Waals surface area contributed by atoms with Gasteiger partial charge >= 0.3 is 0 Å². The minimum Gasteiger partial charge on any atom is -0.497 e. The molecular formula is C14H9Cl2FO2. The Hall–Kier alpha value is -1.58. The van der Waals surface area contributed by atoms with Gasteiger partial charge in [-0.1, -0.05) is 29.3 Å². The molecule has 0 heterocycles. The van der Waals surface area contributed by atoms with Crippen molar-refractivity contribution in [2.75, 3.05) is 7.11 Å². The summed E-state index contributed by atoms with van der Waals surface area (Å²) in [5.41, 5.74) is -0.00861. The predicted octanol–water partition coefficient (Wildman–Crippen LogP) is 4.37. The Morgan fingerprint density at radius 1 is 1.16 bits per heavy atom. The first-order valence-corrected chi connectivity index (χ1v) is 6.12. The maximum absolute atomic E-state index is 13.7. The molecule has 0 aliphatic carbocycles. The molecule has 98 valence electrons. The number of halogens is 3. The van der Waals surface area contributed by atoms with Crippen molar-refractivity contribution in [2.24, 2.45) is 0 Å². The quantitative estimate of drug-likeness (QED) is 0.787. The number of rotatable bonds is 3. The third-order valence-electron chi connectivity index (χ3n) is 2.61. The lowest BCUT2D eigenvalue weighted by Gasteiger charge is -2.08. The molecule has 0 aliphatic heterocycles. The molecule has 2 rings (SSSR count). The lowest BCUT2D eigenvalue weighted by molar-refractivity contribution is 0.103. The molecule has 2 aromatic carbocycles. The van der Waals surface area contributed by atoms with Crippen LogP contribution in [0.15, 0.2) is 36.4 Å². The molecule has 0 radical (unpaired) electrons. The van der Waals surface area contributed by atoms with Crippen molar-refractivity contribution in [1.82, 2.24) is 0 Å². The van der Waals surface area contributed by atoms with Gasteiger partial charge in [-0.2, -0.15) is 0 Å². The highest BCUT2D eigenvalue weighted by molar-refractivity contribution is 6.38. The van der Waals surface area contributed by atoms with Crippen LogP contribution >= 0.6 is 23.2 Å². The Labute approximate surface area is 119 Å². The van der Waals surface area contributed by atoms with Gasteiger partial charge in [-0.05, 0) is 30.3 Å². The van der Waals surface area contributed by atoms with E-state index in [9.17, 15) is 9.18 Å². The molecule has 0 aromatic heterocycles. The van der Waals surface area contributed by atoms with E-state index in [1.54, 1.807) is 6.07 Å². The van der Waals surface area contributed by atoms with Gasteiger partial charge in [0.05, 0.1) is 22.7 Å². The molecule has 0 amide bonds. The Bertz CT molecular complexity index is 621. The smallest absolute Gasteiger partial charge is 0.198 e. The Balaban J connectivity index is 2.51. The van der Waals surface area contributed by atoms with Crippen LogP contribution in [0.1, 0.15) is 15.9 Å². The normalized spacial score (nSPS) is 10.3. The van der Waals surface area contributed by atoms with Crippen molar-refractivity contribution < 1.29 is 13.9 Å². The van der Waals surface area contributed by atoms with E-state index in [2.05, 4.69) is 0 Å². The lowest BCUT2D eigenvalue weighted by Crippen LogP contribution is -2.06. The molecule has 0 saturated heterocycles. The largest absolute Gasteiger partial charge is 0.497 e. The topological polar surface area (TPSA) is 26.3 Å². The molecule has 0 bridgehead atoms. The lowest BCUT2D eigenvalue weighted by atomic mass is 10.0. The van der Waals surface area contributed by atoms with Crippen LogP contribution in [0.25, 0.3) is 0 Å². The molecule has 0 atom stereocenters. The Morgan fingerprint density at radius 2 is 1.89 bits per heavy atom. The fourth-order valence-corrected chi connectivity index (χ4v) is 2.16. The summed E-state index contributed by atoms with van der Waals surface area (Å²) < 4.78 is 18.7. The molecule has 5 heteroatoms. The van der Waals surface area contributed by atoms with Gasteiger partial charge < -0.3 is 4.74 Å². The van der Waals surface area contributed by atoms with Crippen LogP contribution in [-0.4, -0.2) is 12.9 Å². The second-order valence-corrected chi connectivity index (χ2v) is 4.59. The van der Waals surface area contributed by atoms with E-state index in [1.165, 1.54) is 37.4 Å². The Kier molecular flexibility index (Phi) is 4.08. The molecule has 0 unspecified atom stereocenters. The van der Waals surface area contributed by atoms with Crippen LogP contribution in [0.5, 0.6) is 5.75 Å². The number of carbonyl (C=O) groups excluding carboxylic acids is 1. The van der Waals surface area contributed by atoms with Crippen LogP contribution in [0.2, 0.25) is 10.0 Å². The van der Waals surface area contributed by atoms with E-state index in [1.807, 2.05) is 0 Å². The van der Waals surface area contributed by atoms with Crippen molar-refractivity contribution in [3.63, 3.8) is 0 Å². The maximum atomic E-state index is 13.7. The van der Waals surface area contributed by atoms with Gasteiger partial charge in [0.2, 0.25) is 0 Å². The minimum absolute atomic E-state index is 0.0527. The third-order valence-corrected chi connectivity index (χ3v) is 3.24. The van der Waals surface area contributed by atoms with Crippen LogP contribution in [-0.2, 0) is 0 Å². The van der Waals surface area contributed by atoms with Crippen molar-refractivity contribution in [2.45, 2.75) is 0 Å².